The van der Waals surface area contributed by atoms with Crippen molar-refractivity contribution in [1.82, 2.24) is 4.90 Å². The van der Waals surface area contributed by atoms with Gasteiger partial charge in [0.05, 0.1) is 12.2 Å². The minimum absolute atomic E-state index is 0.0313. The molecule has 114 valence electrons. The van der Waals surface area contributed by atoms with Gasteiger partial charge in [0.25, 0.3) is 5.91 Å². The Morgan fingerprint density at radius 3 is 2.67 bits per heavy atom. The van der Waals surface area contributed by atoms with Gasteiger partial charge in [-0.2, -0.15) is 0 Å². The number of aliphatic hydroxyl groups excluding tert-OH is 1. The van der Waals surface area contributed by atoms with Gasteiger partial charge in [0.15, 0.2) is 0 Å². The fraction of sp³-hybridized carbons (Fsp3) is 0.500. The highest BCUT2D eigenvalue weighted by molar-refractivity contribution is 5.97. The molecule has 1 aromatic rings. The first kappa shape index (κ1) is 17.3. The van der Waals surface area contributed by atoms with Crippen LogP contribution in [0.25, 0.3) is 0 Å². The summed E-state index contributed by atoms with van der Waals surface area (Å²) in [7, 11) is 0. The van der Waals surface area contributed by atoms with Gasteiger partial charge in [0.2, 0.25) is 0 Å². The van der Waals surface area contributed by atoms with E-state index in [1.54, 1.807) is 0 Å². The molecule has 0 spiro atoms. The van der Waals surface area contributed by atoms with Crippen molar-refractivity contribution in [3.8, 4) is 11.8 Å². The SMILES string of the molecule is CCCN(C(=O)c1cc(C)ccc1C#CCCO)C(C)C. The van der Waals surface area contributed by atoms with Gasteiger partial charge in [-0.3, -0.25) is 4.79 Å². The summed E-state index contributed by atoms with van der Waals surface area (Å²) >= 11 is 0. The van der Waals surface area contributed by atoms with Crippen molar-refractivity contribution in [3.63, 3.8) is 0 Å². The minimum Gasteiger partial charge on any atom is -0.395 e. The number of aliphatic hydroxyl groups is 1. The fourth-order valence-electron chi connectivity index (χ4n) is 2.15. The predicted octanol–water partition coefficient (Wildman–Crippen LogP) is 2.99. The van der Waals surface area contributed by atoms with Crippen LogP contribution in [0.5, 0.6) is 0 Å². The average Bonchev–Trinajstić information content (AvgIpc) is 2.45. The maximum absolute atomic E-state index is 12.8. The summed E-state index contributed by atoms with van der Waals surface area (Å²) in [5, 5.41) is 8.82. The molecule has 21 heavy (non-hydrogen) atoms. The molecule has 0 fully saturated rings. The van der Waals surface area contributed by atoms with E-state index in [2.05, 4.69) is 18.8 Å². The smallest absolute Gasteiger partial charge is 0.255 e. The van der Waals surface area contributed by atoms with E-state index in [9.17, 15) is 4.79 Å². The Morgan fingerprint density at radius 1 is 1.38 bits per heavy atom. The lowest BCUT2D eigenvalue weighted by molar-refractivity contribution is 0.0705. The Balaban J connectivity index is 3.17. The van der Waals surface area contributed by atoms with Crippen LogP contribution in [0.2, 0.25) is 0 Å². The highest BCUT2D eigenvalue weighted by Gasteiger charge is 2.20. The van der Waals surface area contributed by atoms with Crippen LogP contribution in [0.1, 0.15) is 55.1 Å². The number of rotatable bonds is 5. The summed E-state index contributed by atoms with van der Waals surface area (Å²) in [4.78, 5) is 14.7. The molecule has 0 heterocycles. The number of aryl methyl sites for hydroxylation is 1. The van der Waals surface area contributed by atoms with Crippen molar-refractivity contribution in [2.24, 2.45) is 0 Å². The topological polar surface area (TPSA) is 40.5 Å². The van der Waals surface area contributed by atoms with E-state index < -0.39 is 0 Å². The summed E-state index contributed by atoms with van der Waals surface area (Å²) < 4.78 is 0. The highest BCUT2D eigenvalue weighted by Crippen LogP contribution is 2.16. The van der Waals surface area contributed by atoms with Crippen LogP contribution in [0.3, 0.4) is 0 Å². The van der Waals surface area contributed by atoms with E-state index in [1.807, 2.05) is 43.9 Å². The van der Waals surface area contributed by atoms with Crippen LogP contribution in [-0.2, 0) is 0 Å². The Kier molecular flexibility index (Phi) is 6.98. The van der Waals surface area contributed by atoms with Gasteiger partial charge in [0.1, 0.15) is 0 Å². The van der Waals surface area contributed by atoms with E-state index in [-0.39, 0.29) is 18.6 Å². The molecular formula is C18H25NO2. The van der Waals surface area contributed by atoms with E-state index in [0.29, 0.717) is 12.0 Å². The minimum atomic E-state index is 0.0313. The molecule has 0 unspecified atom stereocenters. The number of carbonyl (C=O) groups excluding carboxylic acids is 1. The van der Waals surface area contributed by atoms with Crippen LogP contribution >= 0.6 is 0 Å². The van der Waals surface area contributed by atoms with Crippen LogP contribution in [0, 0.1) is 18.8 Å². The summed E-state index contributed by atoms with van der Waals surface area (Å²) in [6.45, 7) is 8.88. The zero-order valence-electron chi connectivity index (χ0n) is 13.4. The van der Waals surface area contributed by atoms with Crippen molar-refractivity contribution < 1.29 is 9.90 Å². The Hall–Kier alpha value is -1.79. The third-order valence-electron chi connectivity index (χ3n) is 3.21. The van der Waals surface area contributed by atoms with Crippen LogP contribution < -0.4 is 0 Å². The second-order valence-corrected chi connectivity index (χ2v) is 5.42. The quantitative estimate of drug-likeness (QED) is 0.846. The molecule has 1 N–H and O–H groups in total. The zero-order valence-corrected chi connectivity index (χ0v) is 13.4. The summed E-state index contributed by atoms with van der Waals surface area (Å²) in [5.41, 5.74) is 2.44. The molecule has 1 rings (SSSR count). The molecule has 0 aliphatic rings. The van der Waals surface area contributed by atoms with Crippen LogP contribution in [-0.4, -0.2) is 35.1 Å². The summed E-state index contributed by atoms with van der Waals surface area (Å²) in [6, 6.07) is 5.91. The molecule has 1 aromatic carbocycles. The molecule has 0 saturated carbocycles. The molecule has 0 bridgehead atoms. The van der Waals surface area contributed by atoms with Gasteiger partial charge in [-0.1, -0.05) is 30.4 Å². The first-order valence-electron chi connectivity index (χ1n) is 7.52. The van der Waals surface area contributed by atoms with Gasteiger partial charge >= 0.3 is 0 Å². The number of hydrogen-bond donors (Lipinski definition) is 1. The average molecular weight is 287 g/mol. The largest absolute Gasteiger partial charge is 0.395 e. The number of carbonyl (C=O) groups is 1. The summed E-state index contributed by atoms with van der Waals surface area (Å²) in [5.74, 6) is 5.93. The number of amides is 1. The molecule has 0 radical (unpaired) electrons. The first-order valence-corrected chi connectivity index (χ1v) is 7.52. The van der Waals surface area contributed by atoms with Gasteiger partial charge in [0, 0.05) is 24.6 Å². The fourth-order valence-corrected chi connectivity index (χ4v) is 2.15. The predicted molar refractivity (Wildman–Crippen MR) is 86.2 cm³/mol. The second kappa shape index (κ2) is 8.49. The lowest BCUT2D eigenvalue weighted by Crippen LogP contribution is -2.37. The van der Waals surface area contributed by atoms with E-state index in [1.165, 1.54) is 0 Å². The molecule has 0 saturated heterocycles. The maximum atomic E-state index is 12.8. The summed E-state index contributed by atoms with van der Waals surface area (Å²) in [6.07, 6.45) is 1.35. The van der Waals surface area contributed by atoms with Crippen molar-refractivity contribution in [1.29, 1.82) is 0 Å². The van der Waals surface area contributed by atoms with E-state index in [0.717, 1.165) is 24.1 Å². The van der Waals surface area contributed by atoms with E-state index in [4.69, 9.17) is 5.11 Å². The van der Waals surface area contributed by atoms with Crippen molar-refractivity contribution >= 4 is 5.91 Å². The van der Waals surface area contributed by atoms with Crippen LogP contribution in [0.4, 0.5) is 0 Å². The molecule has 0 aromatic heterocycles. The van der Waals surface area contributed by atoms with Crippen LogP contribution in [0.15, 0.2) is 18.2 Å². The van der Waals surface area contributed by atoms with Crippen molar-refractivity contribution in [2.45, 2.75) is 46.6 Å². The monoisotopic (exact) mass is 287 g/mol. The zero-order chi connectivity index (χ0) is 15.8. The lowest BCUT2D eigenvalue weighted by atomic mass is 10.0. The molecule has 0 aliphatic heterocycles. The Bertz CT molecular complexity index is 538. The number of nitrogens with zero attached hydrogens (tertiary/aromatic N) is 1. The number of hydrogen-bond acceptors (Lipinski definition) is 2. The lowest BCUT2D eigenvalue weighted by Gasteiger charge is -2.27. The highest BCUT2D eigenvalue weighted by atomic mass is 16.2. The van der Waals surface area contributed by atoms with Gasteiger partial charge in [-0.05, 0) is 39.3 Å². The Morgan fingerprint density at radius 2 is 2.10 bits per heavy atom. The molecule has 3 nitrogen and oxygen atoms in total. The molecular weight excluding hydrogens is 262 g/mol. The number of benzene rings is 1. The standard InChI is InChI=1S/C18H25NO2/c1-5-11-19(14(2)3)18(21)17-13-15(4)9-10-16(17)8-6-7-12-20/h9-10,13-14,20H,5,7,11-12H2,1-4H3. The maximum Gasteiger partial charge on any atom is 0.255 e. The third kappa shape index (κ3) is 4.91. The van der Waals surface area contributed by atoms with E-state index >= 15 is 0 Å². The normalized spacial score (nSPS) is 10.2. The van der Waals surface area contributed by atoms with Gasteiger partial charge in [-0.15, -0.1) is 0 Å². The molecule has 0 atom stereocenters. The first-order chi connectivity index (χ1) is 10.0. The second-order valence-electron chi connectivity index (χ2n) is 5.42. The molecule has 1 amide bonds. The van der Waals surface area contributed by atoms with Crippen molar-refractivity contribution in [2.75, 3.05) is 13.2 Å². The third-order valence-corrected chi connectivity index (χ3v) is 3.21. The van der Waals surface area contributed by atoms with Crippen molar-refractivity contribution in [3.05, 3.63) is 34.9 Å². The molecule has 3 heteroatoms. The Labute approximate surface area is 128 Å². The van der Waals surface area contributed by atoms with Gasteiger partial charge in [-0.25, -0.2) is 0 Å². The van der Waals surface area contributed by atoms with Gasteiger partial charge < -0.3 is 10.0 Å². The molecule has 0 aliphatic carbocycles.